The summed E-state index contributed by atoms with van der Waals surface area (Å²) in [6.45, 7) is 4.96. The molecule has 3 aromatic heterocycles. The van der Waals surface area contributed by atoms with Crippen molar-refractivity contribution in [2.75, 3.05) is 50.7 Å². The van der Waals surface area contributed by atoms with Crippen LogP contribution in [-0.4, -0.2) is 91.7 Å². The van der Waals surface area contributed by atoms with E-state index in [2.05, 4.69) is 50.9 Å². The molecule has 12 heteroatoms. The summed E-state index contributed by atoms with van der Waals surface area (Å²) in [5.41, 5.74) is 3.70. The molecule has 0 aliphatic carbocycles. The van der Waals surface area contributed by atoms with Gasteiger partial charge in [-0.25, -0.2) is 24.3 Å². The van der Waals surface area contributed by atoms with E-state index in [4.69, 9.17) is 4.98 Å². The van der Waals surface area contributed by atoms with E-state index in [1.54, 1.807) is 0 Å². The van der Waals surface area contributed by atoms with E-state index in [9.17, 15) is 9.18 Å². The zero-order valence-electron chi connectivity index (χ0n) is 22.2. The number of carbonyl (C=O) groups excluding carboxylic acids is 1. The average molecular weight is 616 g/mol. The number of hydrogen-bond donors (Lipinski definition) is 1. The molecule has 208 valence electrons. The van der Waals surface area contributed by atoms with Crippen LogP contribution in [0.5, 0.6) is 0 Å². The van der Waals surface area contributed by atoms with Crippen LogP contribution in [0.4, 0.5) is 10.1 Å². The largest absolute Gasteiger partial charge is 0.368 e. The molecular formula is C29H27BrFN9O. The first-order valence-electron chi connectivity index (χ1n) is 13.6. The topological polar surface area (TPSA) is 107 Å². The minimum absolute atomic E-state index is 0.167. The molecule has 7 rings (SSSR count). The van der Waals surface area contributed by atoms with Crippen molar-refractivity contribution in [3.63, 3.8) is 0 Å². The van der Waals surface area contributed by atoms with Crippen LogP contribution in [0.15, 0.2) is 59.6 Å². The highest BCUT2D eigenvalue weighted by atomic mass is 79.9. The molecule has 0 bridgehead atoms. The van der Waals surface area contributed by atoms with Gasteiger partial charge in [0, 0.05) is 66.9 Å². The van der Waals surface area contributed by atoms with Crippen molar-refractivity contribution >= 4 is 49.3 Å². The summed E-state index contributed by atoms with van der Waals surface area (Å²) in [4.78, 5) is 37.2. The van der Waals surface area contributed by atoms with Crippen molar-refractivity contribution in [1.82, 2.24) is 39.9 Å². The number of amides is 1. The summed E-state index contributed by atoms with van der Waals surface area (Å²) in [7, 11) is 0. The number of aromatic nitrogens is 6. The second-order valence-electron chi connectivity index (χ2n) is 10.6. The number of hydrogen-bond acceptors (Lipinski definition) is 8. The molecule has 2 saturated heterocycles. The Bertz CT molecular complexity index is 1720. The Labute approximate surface area is 243 Å². The van der Waals surface area contributed by atoms with E-state index in [1.807, 2.05) is 47.5 Å². The minimum Gasteiger partial charge on any atom is -0.368 e. The number of benzene rings is 2. The molecule has 0 saturated carbocycles. The summed E-state index contributed by atoms with van der Waals surface area (Å²) in [5.74, 6) is 1.24. The van der Waals surface area contributed by atoms with Gasteiger partial charge in [-0.1, -0.05) is 0 Å². The summed E-state index contributed by atoms with van der Waals surface area (Å²) in [6.07, 6.45) is 5.15. The lowest BCUT2D eigenvalue weighted by Crippen LogP contribution is -2.51. The van der Waals surface area contributed by atoms with Gasteiger partial charge in [0.05, 0.1) is 30.0 Å². The van der Waals surface area contributed by atoms with Gasteiger partial charge in [0.15, 0.2) is 11.6 Å². The number of nitrogens with zero attached hydrogens (tertiary/aromatic N) is 8. The Kier molecular flexibility index (Phi) is 6.79. The fourth-order valence-electron chi connectivity index (χ4n) is 5.69. The Hall–Kier alpha value is -4.03. The van der Waals surface area contributed by atoms with Crippen molar-refractivity contribution in [3.05, 3.63) is 71.2 Å². The molecule has 2 aromatic carbocycles. The van der Waals surface area contributed by atoms with Gasteiger partial charge >= 0.3 is 0 Å². The highest BCUT2D eigenvalue weighted by Crippen LogP contribution is 2.29. The van der Waals surface area contributed by atoms with E-state index in [1.165, 1.54) is 12.4 Å². The molecule has 1 atom stereocenters. The number of rotatable bonds is 5. The van der Waals surface area contributed by atoms with Crippen LogP contribution < -0.4 is 4.90 Å². The van der Waals surface area contributed by atoms with Crippen LogP contribution in [0.2, 0.25) is 0 Å². The second-order valence-corrected chi connectivity index (χ2v) is 11.3. The maximum Gasteiger partial charge on any atom is 0.236 e. The van der Waals surface area contributed by atoms with Crippen molar-refractivity contribution in [2.45, 2.75) is 12.3 Å². The Morgan fingerprint density at radius 2 is 1.76 bits per heavy atom. The van der Waals surface area contributed by atoms with Crippen molar-refractivity contribution in [2.24, 2.45) is 0 Å². The maximum atomic E-state index is 13.2. The van der Waals surface area contributed by atoms with Crippen molar-refractivity contribution in [3.8, 4) is 11.4 Å². The Morgan fingerprint density at radius 1 is 0.976 bits per heavy atom. The smallest absolute Gasteiger partial charge is 0.236 e. The number of halogens is 2. The van der Waals surface area contributed by atoms with Crippen LogP contribution >= 0.6 is 15.9 Å². The van der Waals surface area contributed by atoms with E-state index >= 15 is 0 Å². The molecule has 2 fully saturated rings. The lowest BCUT2D eigenvalue weighted by molar-refractivity contribution is -0.132. The number of aromatic amines is 1. The monoisotopic (exact) mass is 615 g/mol. The molecule has 0 spiro atoms. The number of likely N-dealkylation sites (tertiary alicyclic amines) is 1. The van der Waals surface area contributed by atoms with Crippen molar-refractivity contribution < 1.29 is 9.18 Å². The fraction of sp³-hybridized carbons (Fsp3) is 0.310. The summed E-state index contributed by atoms with van der Waals surface area (Å²) < 4.78 is 14.0. The van der Waals surface area contributed by atoms with Crippen LogP contribution in [0, 0.1) is 5.82 Å². The van der Waals surface area contributed by atoms with Crippen LogP contribution in [0.25, 0.3) is 33.2 Å². The first kappa shape index (κ1) is 25.9. The third kappa shape index (κ3) is 5.24. The van der Waals surface area contributed by atoms with Gasteiger partial charge in [0.2, 0.25) is 5.91 Å². The normalized spacial score (nSPS) is 18.0. The lowest BCUT2D eigenvalue weighted by Gasteiger charge is -2.36. The molecule has 5 aromatic rings. The Morgan fingerprint density at radius 3 is 2.54 bits per heavy atom. The van der Waals surface area contributed by atoms with Gasteiger partial charge in [-0.3, -0.25) is 14.8 Å². The summed E-state index contributed by atoms with van der Waals surface area (Å²) >= 11 is 3.51. The standard InChI is InChI=1S/C29H27BrFN9O/c30-27-23-12-24-20(11-25(23)36-37-27)13-32-29(35-24)19-5-6-38(16-19)17-26(41)40-9-7-39(8-10-40)22-3-1-18(2-4-22)28-33-14-21(31)15-34-28/h1-4,11-15,19H,5-10,16-17H2,(H,36,37)/t19-/m1/s1. The zero-order valence-corrected chi connectivity index (χ0v) is 23.8. The maximum absolute atomic E-state index is 13.2. The molecule has 5 heterocycles. The lowest BCUT2D eigenvalue weighted by atomic mass is 10.1. The number of fused-ring (bicyclic) bond motifs is 2. The quantitative estimate of drug-likeness (QED) is 0.316. The zero-order chi connectivity index (χ0) is 27.9. The SMILES string of the molecule is O=C(CN1CC[C@@H](c2ncc3cc4n[nH]c(Br)c4cc3n2)C1)N1CCN(c2ccc(-c3ncc(F)cn3)cc2)CC1. The number of nitrogens with one attached hydrogen (secondary N) is 1. The molecule has 0 radical (unpaired) electrons. The number of anilines is 1. The molecule has 1 N–H and O–H groups in total. The van der Waals surface area contributed by atoms with Crippen LogP contribution in [0.1, 0.15) is 18.2 Å². The van der Waals surface area contributed by atoms with Gasteiger partial charge in [-0.05, 0) is 65.3 Å². The third-order valence-corrected chi connectivity index (χ3v) is 8.57. The van der Waals surface area contributed by atoms with E-state index in [0.29, 0.717) is 25.5 Å². The van der Waals surface area contributed by atoms with Crippen LogP contribution in [-0.2, 0) is 4.79 Å². The predicted molar refractivity (Wildman–Crippen MR) is 157 cm³/mol. The van der Waals surface area contributed by atoms with Crippen molar-refractivity contribution in [1.29, 1.82) is 0 Å². The molecule has 2 aliphatic rings. The average Bonchev–Trinajstić information content (AvgIpc) is 3.62. The van der Waals surface area contributed by atoms with Gasteiger partial charge in [-0.15, -0.1) is 0 Å². The first-order chi connectivity index (χ1) is 20.0. The second kappa shape index (κ2) is 10.7. The van der Waals surface area contributed by atoms with Gasteiger partial charge < -0.3 is 9.80 Å². The van der Waals surface area contributed by atoms with E-state index in [0.717, 1.165) is 76.1 Å². The Balaban J connectivity index is 0.931. The highest BCUT2D eigenvalue weighted by Gasteiger charge is 2.30. The van der Waals surface area contributed by atoms with Gasteiger partial charge in [0.1, 0.15) is 10.4 Å². The number of H-pyrrole nitrogens is 1. The number of piperazine rings is 1. The first-order valence-corrected chi connectivity index (χ1v) is 14.4. The molecular weight excluding hydrogens is 589 g/mol. The predicted octanol–water partition coefficient (Wildman–Crippen LogP) is 4.00. The summed E-state index contributed by atoms with van der Waals surface area (Å²) in [6, 6.07) is 12.0. The highest BCUT2D eigenvalue weighted by molar-refractivity contribution is 9.10. The van der Waals surface area contributed by atoms with Gasteiger partial charge in [0.25, 0.3) is 0 Å². The number of carbonyl (C=O) groups is 1. The molecule has 41 heavy (non-hydrogen) atoms. The molecule has 0 unspecified atom stereocenters. The third-order valence-electron chi connectivity index (χ3n) is 7.97. The molecule has 1 amide bonds. The van der Waals surface area contributed by atoms with E-state index < -0.39 is 5.82 Å². The minimum atomic E-state index is -0.452. The summed E-state index contributed by atoms with van der Waals surface area (Å²) in [5, 5.41) is 9.20. The van der Waals surface area contributed by atoms with Gasteiger partial charge in [-0.2, -0.15) is 5.10 Å². The fourth-order valence-corrected chi connectivity index (χ4v) is 6.10. The molecule has 2 aliphatic heterocycles. The molecule has 10 nitrogen and oxygen atoms in total. The van der Waals surface area contributed by atoms with Crippen LogP contribution in [0.3, 0.4) is 0 Å². The van der Waals surface area contributed by atoms with E-state index in [-0.39, 0.29) is 11.8 Å².